The smallest absolute Gasteiger partial charge is 0.793 e. The van der Waals surface area contributed by atoms with E-state index in [0.717, 1.165) is 37.2 Å². The first kappa shape index (κ1) is 30.1. The third kappa shape index (κ3) is 24.3. The molecule has 2 atom stereocenters. The zero-order valence-electron chi connectivity index (χ0n) is 14.1. The van der Waals surface area contributed by atoms with Gasteiger partial charge < -0.3 is 18.8 Å². The third-order valence-electron chi connectivity index (χ3n) is 1.81. The fraction of sp³-hybridized carbons (Fsp3) is 1.00. The number of hydrogen-bond acceptors (Lipinski definition) is 8. The predicted octanol–water partition coefficient (Wildman–Crippen LogP) is 4.28. The van der Waals surface area contributed by atoms with E-state index in [9.17, 15) is 9.79 Å². The van der Waals surface area contributed by atoms with Crippen LogP contribution in [-0.2, 0) is 49.2 Å². The van der Waals surface area contributed by atoms with Crippen LogP contribution in [-0.4, -0.2) is 24.7 Å². The molecule has 0 saturated heterocycles. The van der Waals surface area contributed by atoms with E-state index in [2.05, 4.69) is 0 Å². The summed E-state index contributed by atoms with van der Waals surface area (Å²) in [5, 5.41) is 0. The van der Waals surface area contributed by atoms with E-state index in [1.807, 2.05) is 27.7 Å². The summed E-state index contributed by atoms with van der Waals surface area (Å²) in [7, 11) is 0. The standard InChI is InChI=1S/2C6H15O2PS2.Ni/c2*1-3-5-8-9(7,10)11-6-4-2;/h2*3-6H2,1-2H3,(H,7,10);/q;;+2/p-2. The molecular formula is C12H28NiO4P2S4. The second kappa shape index (κ2) is 19.1. The van der Waals surface area contributed by atoms with Gasteiger partial charge in [-0.25, -0.2) is 0 Å². The monoisotopic (exact) mass is 484 g/mol. The summed E-state index contributed by atoms with van der Waals surface area (Å²) in [6.45, 7) is 9.03. The van der Waals surface area contributed by atoms with E-state index in [-0.39, 0.29) is 16.5 Å². The van der Waals surface area contributed by atoms with Crippen LogP contribution < -0.4 is 9.79 Å². The molecule has 0 rings (SSSR count). The Kier molecular flexibility index (Phi) is 25.0. The van der Waals surface area contributed by atoms with Crippen molar-refractivity contribution < 1.29 is 35.3 Å². The minimum Gasteiger partial charge on any atom is -0.793 e. The Morgan fingerprint density at radius 2 is 1.04 bits per heavy atom. The van der Waals surface area contributed by atoms with Crippen LogP contribution in [0.3, 0.4) is 0 Å². The van der Waals surface area contributed by atoms with E-state index in [1.54, 1.807) is 0 Å². The Morgan fingerprint density at radius 3 is 1.26 bits per heavy atom. The van der Waals surface area contributed by atoms with Crippen molar-refractivity contribution in [3.8, 4) is 0 Å². The third-order valence-corrected chi connectivity index (χ3v) is 10.8. The van der Waals surface area contributed by atoms with Crippen molar-refractivity contribution in [2.24, 2.45) is 0 Å². The van der Waals surface area contributed by atoms with Gasteiger partial charge in [0.25, 0.3) is 0 Å². The molecule has 0 N–H and O–H groups in total. The maximum atomic E-state index is 11.3. The van der Waals surface area contributed by atoms with Gasteiger partial charge in [0, 0.05) is 11.4 Å². The van der Waals surface area contributed by atoms with Crippen molar-refractivity contribution in [1.29, 1.82) is 0 Å². The van der Waals surface area contributed by atoms with Gasteiger partial charge in [0.1, 0.15) is 0 Å². The van der Waals surface area contributed by atoms with Crippen LogP contribution in [0.25, 0.3) is 0 Å². The minimum atomic E-state index is -2.73. The predicted molar refractivity (Wildman–Crippen MR) is 107 cm³/mol. The minimum absolute atomic E-state index is 0. The van der Waals surface area contributed by atoms with Gasteiger partial charge in [-0.15, -0.1) is 22.8 Å². The van der Waals surface area contributed by atoms with Gasteiger partial charge in [-0.05, 0) is 37.2 Å². The SMILES string of the molecule is CCCOP([O-])(=S)SCCC.CCCOP([O-])(=S)SCCC.[Ni+2]. The molecular weight excluding hydrogens is 457 g/mol. The van der Waals surface area contributed by atoms with Gasteiger partial charge in [0.2, 0.25) is 0 Å². The van der Waals surface area contributed by atoms with Gasteiger partial charge in [0.05, 0.1) is 13.2 Å². The first-order chi connectivity index (χ1) is 10.2. The molecule has 0 aliphatic rings. The summed E-state index contributed by atoms with van der Waals surface area (Å²) in [5.74, 6) is 1.65. The maximum Gasteiger partial charge on any atom is 2.00 e. The van der Waals surface area contributed by atoms with Gasteiger partial charge in [0.15, 0.2) is 0 Å². The first-order valence-corrected chi connectivity index (χ1v) is 15.9. The summed E-state index contributed by atoms with van der Waals surface area (Å²) in [4.78, 5) is 22.6. The molecule has 0 aromatic carbocycles. The summed E-state index contributed by atoms with van der Waals surface area (Å²) < 4.78 is 10.0. The molecule has 4 nitrogen and oxygen atoms in total. The summed E-state index contributed by atoms with van der Waals surface area (Å²) in [6.07, 6.45) is 3.71. The largest absolute Gasteiger partial charge is 2.00 e. The van der Waals surface area contributed by atoms with Crippen LogP contribution in [0.15, 0.2) is 0 Å². The average molecular weight is 485 g/mol. The van der Waals surface area contributed by atoms with E-state index in [0.29, 0.717) is 13.2 Å². The molecule has 0 aromatic heterocycles. The van der Waals surface area contributed by atoms with Crippen molar-refractivity contribution in [1.82, 2.24) is 0 Å². The Balaban J connectivity index is -0.000000333. The van der Waals surface area contributed by atoms with Crippen LogP contribution in [0.5, 0.6) is 0 Å². The first-order valence-electron chi connectivity index (χ1n) is 7.44. The average Bonchev–Trinajstić information content (AvgIpc) is 2.48. The van der Waals surface area contributed by atoms with Crippen LogP contribution in [0.2, 0.25) is 0 Å². The second-order valence-electron chi connectivity index (χ2n) is 4.23. The van der Waals surface area contributed by atoms with Crippen molar-refractivity contribution in [2.75, 3.05) is 24.7 Å². The topological polar surface area (TPSA) is 64.6 Å². The summed E-state index contributed by atoms with van der Waals surface area (Å²) in [5.41, 5.74) is -5.45. The van der Waals surface area contributed by atoms with E-state index in [1.165, 1.54) is 22.8 Å². The molecule has 0 aliphatic heterocycles. The van der Waals surface area contributed by atoms with Crippen LogP contribution in [0.1, 0.15) is 53.4 Å². The zero-order valence-corrected chi connectivity index (χ0v) is 20.2. The molecule has 0 heterocycles. The Hall–Kier alpha value is 2.33. The molecule has 0 aliphatic carbocycles. The fourth-order valence-corrected chi connectivity index (χ4v) is 7.78. The quantitative estimate of drug-likeness (QED) is 0.300. The molecule has 0 spiro atoms. The Labute approximate surface area is 170 Å². The summed E-state index contributed by atoms with van der Waals surface area (Å²) in [6, 6.07) is 0. The second-order valence-corrected chi connectivity index (χ2v) is 16.6. The molecule has 0 saturated carbocycles. The molecule has 0 radical (unpaired) electrons. The van der Waals surface area contributed by atoms with Crippen LogP contribution in [0, 0.1) is 0 Å². The maximum absolute atomic E-state index is 11.3. The molecule has 0 amide bonds. The van der Waals surface area contributed by atoms with Crippen molar-refractivity contribution in [2.45, 2.75) is 53.4 Å². The number of rotatable bonds is 12. The normalized spacial score (nSPS) is 15.6. The molecule has 144 valence electrons. The van der Waals surface area contributed by atoms with E-state index >= 15 is 0 Å². The van der Waals surface area contributed by atoms with E-state index in [4.69, 9.17) is 32.7 Å². The van der Waals surface area contributed by atoms with Crippen LogP contribution >= 0.6 is 34.2 Å². The summed E-state index contributed by atoms with van der Waals surface area (Å²) >= 11 is 12.1. The molecule has 23 heavy (non-hydrogen) atoms. The molecule has 2 unspecified atom stereocenters. The number of hydrogen-bond donors (Lipinski definition) is 0. The molecule has 0 fully saturated rings. The Morgan fingerprint density at radius 1 is 0.739 bits per heavy atom. The van der Waals surface area contributed by atoms with Gasteiger partial charge >= 0.3 is 16.5 Å². The molecule has 11 heteroatoms. The Bertz CT molecular complexity index is 295. The van der Waals surface area contributed by atoms with Crippen molar-refractivity contribution >= 4 is 57.8 Å². The fourth-order valence-electron chi connectivity index (χ4n) is 0.887. The van der Waals surface area contributed by atoms with Gasteiger partial charge in [-0.2, -0.15) is 0 Å². The van der Waals surface area contributed by atoms with Crippen molar-refractivity contribution in [3.63, 3.8) is 0 Å². The van der Waals surface area contributed by atoms with Crippen LogP contribution in [0.4, 0.5) is 0 Å². The van der Waals surface area contributed by atoms with Gasteiger partial charge in [-0.3, -0.25) is 0 Å². The van der Waals surface area contributed by atoms with Gasteiger partial charge in [-0.1, -0.05) is 51.3 Å². The zero-order chi connectivity index (χ0) is 17.5. The molecule has 0 bridgehead atoms. The van der Waals surface area contributed by atoms with Crippen molar-refractivity contribution in [3.05, 3.63) is 0 Å². The van der Waals surface area contributed by atoms with E-state index < -0.39 is 11.4 Å². The molecule has 0 aromatic rings.